The van der Waals surface area contributed by atoms with Gasteiger partial charge in [-0.1, -0.05) is 35.3 Å². The molecular weight excluding hydrogens is 296 g/mol. The summed E-state index contributed by atoms with van der Waals surface area (Å²) in [6.07, 6.45) is 0.677. The molecule has 0 radical (unpaired) electrons. The molecule has 0 aliphatic carbocycles. The van der Waals surface area contributed by atoms with E-state index in [9.17, 15) is 4.39 Å². The average Bonchev–Trinajstić information content (AvgIpc) is 2.41. The molecule has 2 rings (SSSR count). The molecule has 0 amide bonds. The highest BCUT2D eigenvalue weighted by atomic mass is 35.5. The normalized spacial score (nSPS) is 12.4. The van der Waals surface area contributed by atoms with Gasteiger partial charge in [0, 0.05) is 16.1 Å². The van der Waals surface area contributed by atoms with Crippen LogP contribution in [0.3, 0.4) is 0 Å². The van der Waals surface area contributed by atoms with E-state index in [4.69, 9.17) is 23.2 Å². The molecule has 2 aromatic rings. The highest BCUT2D eigenvalue weighted by Crippen LogP contribution is 2.27. The highest BCUT2D eigenvalue weighted by Gasteiger charge is 2.15. The molecule has 4 heteroatoms. The minimum Gasteiger partial charge on any atom is -0.313 e. The Morgan fingerprint density at radius 2 is 1.90 bits per heavy atom. The predicted octanol–water partition coefficient (Wildman–Crippen LogP) is 4.94. The van der Waals surface area contributed by atoms with Gasteiger partial charge in [0.25, 0.3) is 0 Å². The zero-order valence-electron chi connectivity index (χ0n) is 11.4. The smallest absolute Gasteiger partial charge is 0.123 e. The first-order valence-electron chi connectivity index (χ1n) is 6.38. The van der Waals surface area contributed by atoms with Crippen LogP contribution in [0, 0.1) is 12.7 Å². The second kappa shape index (κ2) is 6.57. The Hall–Kier alpha value is -1.09. The van der Waals surface area contributed by atoms with Crippen molar-refractivity contribution in [3.05, 3.63) is 69.0 Å². The lowest BCUT2D eigenvalue weighted by Gasteiger charge is -2.20. The van der Waals surface area contributed by atoms with Crippen molar-refractivity contribution < 1.29 is 4.39 Å². The first-order chi connectivity index (χ1) is 9.51. The van der Waals surface area contributed by atoms with Crippen LogP contribution in [-0.4, -0.2) is 7.05 Å². The second-order valence-corrected chi connectivity index (χ2v) is 5.63. The van der Waals surface area contributed by atoms with Crippen LogP contribution >= 0.6 is 23.2 Å². The van der Waals surface area contributed by atoms with Gasteiger partial charge in [-0.25, -0.2) is 4.39 Å². The predicted molar refractivity (Wildman–Crippen MR) is 83.1 cm³/mol. The number of hydrogen-bond acceptors (Lipinski definition) is 1. The van der Waals surface area contributed by atoms with E-state index >= 15 is 0 Å². The molecule has 20 heavy (non-hydrogen) atoms. The van der Waals surface area contributed by atoms with E-state index in [1.54, 1.807) is 18.2 Å². The Balaban J connectivity index is 2.31. The summed E-state index contributed by atoms with van der Waals surface area (Å²) in [4.78, 5) is 0. The van der Waals surface area contributed by atoms with Gasteiger partial charge in [0.05, 0.1) is 0 Å². The molecule has 1 N–H and O–H groups in total. The third-order valence-electron chi connectivity index (χ3n) is 3.40. The molecule has 0 aliphatic rings. The lowest BCUT2D eigenvalue weighted by atomic mass is 9.95. The van der Waals surface area contributed by atoms with E-state index < -0.39 is 0 Å². The maximum absolute atomic E-state index is 13.4. The summed E-state index contributed by atoms with van der Waals surface area (Å²) in [6.45, 7) is 1.97. The molecule has 0 aliphatic heterocycles. The van der Waals surface area contributed by atoms with Gasteiger partial charge in [0.15, 0.2) is 0 Å². The molecule has 0 saturated heterocycles. The van der Waals surface area contributed by atoms with E-state index in [1.165, 1.54) is 6.07 Å². The summed E-state index contributed by atoms with van der Waals surface area (Å²) in [5.41, 5.74) is 2.98. The third kappa shape index (κ3) is 3.51. The van der Waals surface area contributed by atoms with Gasteiger partial charge >= 0.3 is 0 Å². The Morgan fingerprint density at radius 3 is 2.55 bits per heavy atom. The van der Waals surface area contributed by atoms with Gasteiger partial charge in [-0.15, -0.1) is 0 Å². The van der Waals surface area contributed by atoms with Crippen molar-refractivity contribution in [1.29, 1.82) is 0 Å². The lowest BCUT2D eigenvalue weighted by molar-refractivity contribution is 0.574. The lowest BCUT2D eigenvalue weighted by Crippen LogP contribution is -2.20. The number of benzene rings is 2. The standard InChI is InChI=1S/C16H16Cl2FN/c1-10-3-6-13(19)9-14(10)16(20-2)7-11-4-5-12(17)8-15(11)18/h3-6,8-9,16,20H,7H2,1-2H3. The second-order valence-electron chi connectivity index (χ2n) is 4.78. The summed E-state index contributed by atoms with van der Waals surface area (Å²) in [6, 6.07) is 10.3. The number of rotatable bonds is 4. The van der Waals surface area contributed by atoms with Gasteiger partial charge in [-0.05, 0) is 61.3 Å². The molecule has 0 heterocycles. The van der Waals surface area contributed by atoms with Crippen molar-refractivity contribution in [3.63, 3.8) is 0 Å². The van der Waals surface area contributed by atoms with Crippen LogP contribution in [0.2, 0.25) is 10.0 Å². The Labute approximate surface area is 128 Å². The third-order valence-corrected chi connectivity index (χ3v) is 3.99. The number of nitrogens with one attached hydrogen (secondary N) is 1. The molecule has 1 atom stereocenters. The van der Waals surface area contributed by atoms with E-state index in [1.807, 2.05) is 26.1 Å². The molecule has 2 aromatic carbocycles. The topological polar surface area (TPSA) is 12.0 Å². The fourth-order valence-corrected chi connectivity index (χ4v) is 2.75. The minimum atomic E-state index is -0.229. The van der Waals surface area contributed by atoms with Gasteiger partial charge < -0.3 is 5.32 Å². The van der Waals surface area contributed by atoms with Gasteiger partial charge in [0.2, 0.25) is 0 Å². The monoisotopic (exact) mass is 311 g/mol. The van der Waals surface area contributed by atoms with Crippen LogP contribution in [0.15, 0.2) is 36.4 Å². The van der Waals surface area contributed by atoms with Crippen LogP contribution in [0.1, 0.15) is 22.7 Å². The number of hydrogen-bond donors (Lipinski definition) is 1. The van der Waals surface area contributed by atoms with Crippen molar-refractivity contribution in [3.8, 4) is 0 Å². The Morgan fingerprint density at radius 1 is 1.15 bits per heavy atom. The van der Waals surface area contributed by atoms with Crippen LogP contribution in [0.4, 0.5) is 4.39 Å². The van der Waals surface area contributed by atoms with Crippen molar-refractivity contribution in [2.24, 2.45) is 0 Å². The summed E-state index contributed by atoms with van der Waals surface area (Å²) in [5, 5.41) is 4.46. The SMILES string of the molecule is CNC(Cc1ccc(Cl)cc1Cl)c1cc(F)ccc1C. The zero-order valence-corrected chi connectivity index (χ0v) is 12.9. The molecule has 0 aromatic heterocycles. The fraction of sp³-hybridized carbons (Fsp3) is 0.250. The van der Waals surface area contributed by atoms with Crippen molar-refractivity contribution in [2.45, 2.75) is 19.4 Å². The Bertz CT molecular complexity index is 613. The van der Waals surface area contributed by atoms with E-state index in [0.29, 0.717) is 16.5 Å². The van der Waals surface area contributed by atoms with Gasteiger partial charge in [-0.2, -0.15) is 0 Å². The average molecular weight is 312 g/mol. The minimum absolute atomic E-state index is 0.00405. The van der Waals surface area contributed by atoms with Gasteiger partial charge in [-0.3, -0.25) is 0 Å². The first-order valence-corrected chi connectivity index (χ1v) is 7.14. The summed E-state index contributed by atoms with van der Waals surface area (Å²) in [5.74, 6) is -0.229. The maximum Gasteiger partial charge on any atom is 0.123 e. The van der Waals surface area contributed by atoms with Crippen LogP contribution in [-0.2, 0) is 6.42 Å². The molecular formula is C16H16Cl2FN. The summed E-state index contributed by atoms with van der Waals surface area (Å²) in [7, 11) is 1.86. The van der Waals surface area contributed by atoms with E-state index in [-0.39, 0.29) is 11.9 Å². The summed E-state index contributed by atoms with van der Waals surface area (Å²) >= 11 is 12.1. The Kier molecular flexibility index (Phi) is 5.03. The molecule has 106 valence electrons. The van der Waals surface area contributed by atoms with Crippen LogP contribution < -0.4 is 5.32 Å². The van der Waals surface area contributed by atoms with Crippen molar-refractivity contribution in [1.82, 2.24) is 5.32 Å². The van der Waals surface area contributed by atoms with E-state index in [2.05, 4.69) is 5.32 Å². The summed E-state index contributed by atoms with van der Waals surface area (Å²) < 4.78 is 13.4. The number of halogens is 3. The number of aryl methyl sites for hydroxylation is 1. The van der Waals surface area contributed by atoms with Crippen LogP contribution in [0.5, 0.6) is 0 Å². The number of likely N-dealkylation sites (N-methyl/N-ethyl adjacent to an activating group) is 1. The van der Waals surface area contributed by atoms with Gasteiger partial charge in [0.1, 0.15) is 5.82 Å². The zero-order chi connectivity index (χ0) is 14.7. The molecule has 0 bridgehead atoms. The molecule has 1 nitrogen and oxygen atoms in total. The van der Waals surface area contributed by atoms with Crippen molar-refractivity contribution >= 4 is 23.2 Å². The quantitative estimate of drug-likeness (QED) is 0.843. The van der Waals surface area contributed by atoms with E-state index in [0.717, 1.165) is 16.7 Å². The molecule has 1 unspecified atom stereocenters. The largest absolute Gasteiger partial charge is 0.313 e. The highest BCUT2D eigenvalue weighted by molar-refractivity contribution is 6.35. The maximum atomic E-state index is 13.4. The molecule has 0 spiro atoms. The first kappa shape index (κ1) is 15.3. The van der Waals surface area contributed by atoms with Crippen molar-refractivity contribution in [2.75, 3.05) is 7.05 Å². The van der Waals surface area contributed by atoms with Crippen LogP contribution in [0.25, 0.3) is 0 Å². The fourth-order valence-electron chi connectivity index (χ4n) is 2.26. The molecule has 0 fully saturated rings. The molecule has 0 saturated carbocycles.